The third-order valence-corrected chi connectivity index (χ3v) is 6.38. The van der Waals surface area contributed by atoms with Crippen LogP contribution in [0.2, 0.25) is 0 Å². The highest BCUT2D eigenvalue weighted by atomic mass is 32.2. The van der Waals surface area contributed by atoms with Gasteiger partial charge in [-0.3, -0.25) is 4.90 Å². The fourth-order valence-corrected chi connectivity index (χ4v) is 4.76. The summed E-state index contributed by atoms with van der Waals surface area (Å²) >= 11 is 3.60. The maximum atomic E-state index is 9.19. The first kappa shape index (κ1) is 19.6. The van der Waals surface area contributed by atoms with E-state index in [2.05, 4.69) is 58.5 Å². The zero-order valence-electron chi connectivity index (χ0n) is 15.1. The molecule has 0 saturated heterocycles. The second-order valence-electron chi connectivity index (χ2n) is 6.20. The quantitative estimate of drug-likeness (QED) is 0.637. The van der Waals surface area contributed by atoms with Gasteiger partial charge in [-0.05, 0) is 43.0 Å². The van der Waals surface area contributed by atoms with Crippen LogP contribution in [0.5, 0.6) is 0 Å². The molecule has 2 N–H and O–H groups in total. The molecule has 0 spiro atoms. The monoisotopic (exact) mass is 390 g/mol. The number of fused-ring (bicyclic) bond motifs is 2. The van der Waals surface area contributed by atoms with Crippen molar-refractivity contribution in [2.75, 3.05) is 50.5 Å². The van der Waals surface area contributed by atoms with Crippen LogP contribution >= 0.6 is 23.5 Å². The van der Waals surface area contributed by atoms with Gasteiger partial charge in [0.05, 0.1) is 24.6 Å². The molecule has 1 aliphatic heterocycles. The Hall–Kier alpha value is -1.18. The van der Waals surface area contributed by atoms with Crippen molar-refractivity contribution in [2.24, 2.45) is 0 Å². The van der Waals surface area contributed by atoms with Gasteiger partial charge in [-0.15, -0.1) is 11.8 Å². The third kappa shape index (κ3) is 4.56. The van der Waals surface area contributed by atoms with Crippen LogP contribution in [0, 0.1) is 0 Å². The second kappa shape index (κ2) is 9.67. The molecule has 2 aromatic rings. The van der Waals surface area contributed by atoms with Crippen molar-refractivity contribution in [1.82, 2.24) is 4.90 Å². The third-order valence-electron chi connectivity index (χ3n) is 4.52. The van der Waals surface area contributed by atoms with Gasteiger partial charge in [0, 0.05) is 40.9 Å². The largest absolute Gasteiger partial charge is 0.395 e. The Kier molecular flexibility index (Phi) is 7.28. The molecule has 1 aliphatic rings. The Balaban J connectivity index is 1.79. The Morgan fingerprint density at radius 2 is 1.69 bits per heavy atom. The minimum absolute atomic E-state index is 0.128. The Bertz CT molecular complexity index is 721. The fourth-order valence-electron chi connectivity index (χ4n) is 3.25. The first-order chi connectivity index (χ1) is 12.8. The van der Waals surface area contributed by atoms with Crippen molar-refractivity contribution in [2.45, 2.75) is 21.1 Å². The molecule has 0 radical (unpaired) electrons. The van der Waals surface area contributed by atoms with Crippen LogP contribution < -0.4 is 4.90 Å². The molecule has 0 saturated carbocycles. The Labute approximate surface area is 164 Å². The van der Waals surface area contributed by atoms with E-state index in [1.807, 2.05) is 11.8 Å². The molecule has 0 aliphatic carbocycles. The van der Waals surface area contributed by atoms with Crippen LogP contribution in [0.3, 0.4) is 0 Å². The van der Waals surface area contributed by atoms with Crippen LogP contribution in [0.4, 0.5) is 11.4 Å². The highest BCUT2D eigenvalue weighted by Gasteiger charge is 2.23. The predicted octanol–water partition coefficient (Wildman–Crippen LogP) is 3.69. The first-order valence-corrected chi connectivity index (χ1v) is 11.0. The minimum atomic E-state index is 0.128. The van der Waals surface area contributed by atoms with E-state index in [4.69, 9.17) is 0 Å². The summed E-state index contributed by atoms with van der Waals surface area (Å²) in [5, 5.41) is 18.4. The van der Waals surface area contributed by atoms with E-state index in [0.717, 1.165) is 19.5 Å². The van der Waals surface area contributed by atoms with E-state index in [1.54, 1.807) is 11.8 Å². The summed E-state index contributed by atoms with van der Waals surface area (Å²) in [5.74, 6) is 0. The van der Waals surface area contributed by atoms with Gasteiger partial charge in [0.15, 0.2) is 0 Å². The number of hydrogen-bond donors (Lipinski definition) is 2. The molecule has 0 fully saturated rings. The van der Waals surface area contributed by atoms with E-state index in [9.17, 15) is 10.2 Å². The van der Waals surface area contributed by atoms with Crippen molar-refractivity contribution in [1.29, 1.82) is 0 Å². The number of nitrogens with zero attached hydrogens (tertiary/aromatic N) is 2. The average Bonchev–Trinajstić information content (AvgIpc) is 2.67. The second-order valence-corrected chi connectivity index (χ2v) is 8.16. The predicted molar refractivity (Wildman–Crippen MR) is 111 cm³/mol. The number of para-hydroxylation sites is 1. The normalized spacial score (nSPS) is 13.0. The molecule has 3 rings (SSSR count). The zero-order chi connectivity index (χ0) is 18.4. The van der Waals surface area contributed by atoms with E-state index in [1.165, 1.54) is 26.1 Å². The molecule has 2 aromatic carbocycles. The van der Waals surface area contributed by atoms with Gasteiger partial charge in [0.2, 0.25) is 0 Å². The van der Waals surface area contributed by atoms with Gasteiger partial charge in [0.25, 0.3) is 0 Å². The fraction of sp³-hybridized carbons (Fsp3) is 0.400. The molecule has 4 nitrogen and oxygen atoms in total. The summed E-state index contributed by atoms with van der Waals surface area (Å²) in [6, 6.07) is 15.3. The van der Waals surface area contributed by atoms with Crippen molar-refractivity contribution in [3.63, 3.8) is 0 Å². The number of aliphatic hydroxyl groups is 2. The summed E-state index contributed by atoms with van der Waals surface area (Å²) in [6.45, 7) is 3.26. The van der Waals surface area contributed by atoms with E-state index in [0.29, 0.717) is 13.1 Å². The van der Waals surface area contributed by atoms with Crippen LogP contribution in [-0.2, 0) is 0 Å². The first-order valence-electron chi connectivity index (χ1n) is 8.93. The maximum Gasteiger partial charge on any atom is 0.0564 e. The summed E-state index contributed by atoms with van der Waals surface area (Å²) in [4.78, 5) is 8.39. The van der Waals surface area contributed by atoms with Gasteiger partial charge in [-0.1, -0.05) is 23.9 Å². The number of rotatable bonds is 9. The number of anilines is 2. The summed E-state index contributed by atoms with van der Waals surface area (Å²) < 4.78 is 0. The molecule has 140 valence electrons. The van der Waals surface area contributed by atoms with Crippen LogP contribution in [0.25, 0.3) is 0 Å². The molecule has 0 unspecified atom stereocenters. The summed E-state index contributed by atoms with van der Waals surface area (Å²) in [5.41, 5.74) is 2.54. The minimum Gasteiger partial charge on any atom is -0.395 e. The molecular formula is C20H26N2O2S2. The lowest BCUT2D eigenvalue weighted by atomic mass is 10.2. The van der Waals surface area contributed by atoms with Gasteiger partial charge in [-0.25, -0.2) is 0 Å². The SMILES string of the molecule is CSc1ccc2c(c1)N(CCCN(CCO)CCO)c1ccccc1S2. The van der Waals surface area contributed by atoms with E-state index < -0.39 is 0 Å². The lowest BCUT2D eigenvalue weighted by molar-refractivity contribution is 0.160. The standard InChI is InChI=1S/C20H26N2O2S2/c1-25-16-7-8-20-18(15-16)22(17-5-2-3-6-19(17)26-20)10-4-9-21(11-13-23)12-14-24/h2-3,5-8,15,23-24H,4,9-14H2,1H3. The van der Waals surface area contributed by atoms with Crippen molar-refractivity contribution >= 4 is 34.9 Å². The molecule has 26 heavy (non-hydrogen) atoms. The van der Waals surface area contributed by atoms with Gasteiger partial charge in [-0.2, -0.15) is 0 Å². The summed E-state index contributed by atoms with van der Waals surface area (Å²) in [7, 11) is 0. The van der Waals surface area contributed by atoms with Gasteiger partial charge >= 0.3 is 0 Å². The number of aliphatic hydroxyl groups excluding tert-OH is 2. The molecular weight excluding hydrogens is 364 g/mol. The molecule has 0 atom stereocenters. The highest BCUT2D eigenvalue weighted by molar-refractivity contribution is 8.00. The van der Waals surface area contributed by atoms with Gasteiger partial charge < -0.3 is 15.1 Å². The molecule has 0 aromatic heterocycles. The Morgan fingerprint density at radius 1 is 0.962 bits per heavy atom. The average molecular weight is 391 g/mol. The van der Waals surface area contributed by atoms with E-state index in [-0.39, 0.29) is 13.2 Å². The van der Waals surface area contributed by atoms with E-state index >= 15 is 0 Å². The highest BCUT2D eigenvalue weighted by Crippen LogP contribution is 2.48. The number of benzene rings is 2. The van der Waals surface area contributed by atoms with Crippen molar-refractivity contribution in [3.8, 4) is 0 Å². The van der Waals surface area contributed by atoms with Crippen LogP contribution in [-0.4, -0.2) is 60.8 Å². The molecule has 6 heteroatoms. The maximum absolute atomic E-state index is 9.19. The van der Waals surface area contributed by atoms with Crippen molar-refractivity contribution in [3.05, 3.63) is 42.5 Å². The number of thioether (sulfide) groups is 1. The van der Waals surface area contributed by atoms with Crippen LogP contribution in [0.15, 0.2) is 57.2 Å². The lowest BCUT2D eigenvalue weighted by Gasteiger charge is -2.33. The summed E-state index contributed by atoms with van der Waals surface area (Å²) in [6.07, 6.45) is 3.08. The Morgan fingerprint density at radius 3 is 2.42 bits per heavy atom. The topological polar surface area (TPSA) is 46.9 Å². The van der Waals surface area contributed by atoms with Crippen LogP contribution in [0.1, 0.15) is 6.42 Å². The molecule has 0 amide bonds. The molecule has 1 heterocycles. The number of hydrogen-bond acceptors (Lipinski definition) is 6. The smallest absolute Gasteiger partial charge is 0.0564 e. The van der Waals surface area contributed by atoms with Crippen molar-refractivity contribution < 1.29 is 10.2 Å². The lowest BCUT2D eigenvalue weighted by Crippen LogP contribution is -2.33. The van der Waals surface area contributed by atoms with Gasteiger partial charge in [0.1, 0.15) is 0 Å². The molecule has 0 bridgehead atoms. The zero-order valence-corrected chi connectivity index (χ0v) is 16.7.